The number of benzene rings is 2. The van der Waals surface area contributed by atoms with E-state index in [0.29, 0.717) is 44.2 Å². The third-order valence-corrected chi connectivity index (χ3v) is 7.74. The second-order valence-electron chi connectivity index (χ2n) is 9.21. The summed E-state index contributed by atoms with van der Waals surface area (Å²) in [5, 5.41) is 13.3. The van der Waals surface area contributed by atoms with Gasteiger partial charge in [0.05, 0.1) is 24.8 Å². The Hall–Kier alpha value is -3.46. The number of hydrogen-bond acceptors (Lipinski definition) is 7. The molecule has 192 valence electrons. The fraction of sp³-hybridized carbons (Fsp3) is 0.310. The van der Waals surface area contributed by atoms with Crippen molar-refractivity contribution in [1.29, 1.82) is 0 Å². The molecule has 2 aliphatic heterocycles. The second kappa shape index (κ2) is 11.3. The van der Waals surface area contributed by atoms with Crippen LogP contribution in [-0.2, 0) is 20.9 Å². The molecular formula is C29H30N2O5S. The summed E-state index contributed by atoms with van der Waals surface area (Å²) in [4.78, 5) is 31.1. The fourth-order valence-electron chi connectivity index (χ4n) is 4.80. The maximum Gasteiger partial charge on any atom is 0.295 e. The van der Waals surface area contributed by atoms with Crippen LogP contribution in [0.4, 0.5) is 0 Å². The summed E-state index contributed by atoms with van der Waals surface area (Å²) in [6.07, 6.45) is 0. The number of nitrogens with zero attached hydrogens (tertiary/aromatic N) is 2. The van der Waals surface area contributed by atoms with Gasteiger partial charge in [0.15, 0.2) is 0 Å². The predicted molar refractivity (Wildman–Crippen MR) is 143 cm³/mol. The highest BCUT2D eigenvalue weighted by molar-refractivity contribution is 7.10. The van der Waals surface area contributed by atoms with Gasteiger partial charge in [-0.3, -0.25) is 14.5 Å². The van der Waals surface area contributed by atoms with Crippen molar-refractivity contribution in [2.75, 3.05) is 39.4 Å². The quantitative estimate of drug-likeness (QED) is 0.271. The zero-order chi connectivity index (χ0) is 25.8. The van der Waals surface area contributed by atoms with Crippen LogP contribution in [0.5, 0.6) is 5.75 Å². The van der Waals surface area contributed by atoms with Crippen LogP contribution in [-0.4, -0.2) is 66.0 Å². The van der Waals surface area contributed by atoms with Gasteiger partial charge in [-0.1, -0.05) is 36.4 Å². The zero-order valence-electron chi connectivity index (χ0n) is 20.8. The zero-order valence-corrected chi connectivity index (χ0v) is 21.6. The molecule has 3 aromatic rings. The number of rotatable bonds is 8. The number of morpholine rings is 1. The summed E-state index contributed by atoms with van der Waals surface area (Å²) in [6.45, 7) is 6.25. The molecule has 2 aromatic carbocycles. The Balaban J connectivity index is 1.42. The lowest BCUT2D eigenvalue weighted by Gasteiger charge is -2.30. The topological polar surface area (TPSA) is 79.3 Å². The average molecular weight is 519 g/mol. The number of carbonyl (C=O) groups excluding carboxylic acids is 2. The van der Waals surface area contributed by atoms with Crippen molar-refractivity contribution >= 4 is 28.8 Å². The molecule has 1 atom stereocenters. The molecule has 2 saturated heterocycles. The number of hydrogen-bond donors (Lipinski definition) is 1. The highest BCUT2D eigenvalue weighted by atomic mass is 32.1. The smallest absolute Gasteiger partial charge is 0.295 e. The minimum Gasteiger partial charge on any atom is -0.507 e. The van der Waals surface area contributed by atoms with Gasteiger partial charge in [-0.15, -0.1) is 11.3 Å². The summed E-state index contributed by atoms with van der Waals surface area (Å²) in [5.74, 6) is -0.716. The Morgan fingerprint density at radius 1 is 1.05 bits per heavy atom. The van der Waals surface area contributed by atoms with E-state index in [9.17, 15) is 14.7 Å². The largest absolute Gasteiger partial charge is 0.507 e. The van der Waals surface area contributed by atoms with Crippen molar-refractivity contribution < 1.29 is 24.2 Å². The molecule has 1 aromatic heterocycles. The van der Waals surface area contributed by atoms with E-state index in [1.165, 1.54) is 11.3 Å². The first-order valence-corrected chi connectivity index (χ1v) is 13.3. The van der Waals surface area contributed by atoms with Gasteiger partial charge in [0, 0.05) is 36.6 Å². The number of Topliss-reactive ketones (excluding diaryl/α,β-unsaturated/α-hetero) is 1. The number of thiophene rings is 1. The molecule has 0 bridgehead atoms. The van der Waals surface area contributed by atoms with Crippen molar-refractivity contribution in [1.82, 2.24) is 9.80 Å². The minimum absolute atomic E-state index is 0.135. The summed E-state index contributed by atoms with van der Waals surface area (Å²) in [5.41, 5.74) is 2.46. The number of ketones is 1. The normalized spacial score (nSPS) is 19.9. The van der Waals surface area contributed by atoms with Gasteiger partial charge < -0.3 is 19.5 Å². The van der Waals surface area contributed by atoms with E-state index in [2.05, 4.69) is 4.90 Å². The first kappa shape index (κ1) is 25.2. The van der Waals surface area contributed by atoms with Gasteiger partial charge in [-0.25, -0.2) is 0 Å². The highest BCUT2D eigenvalue weighted by Crippen LogP contribution is 2.41. The van der Waals surface area contributed by atoms with E-state index < -0.39 is 17.7 Å². The van der Waals surface area contributed by atoms with Crippen molar-refractivity contribution in [2.24, 2.45) is 0 Å². The van der Waals surface area contributed by atoms with Crippen molar-refractivity contribution in [3.63, 3.8) is 0 Å². The van der Waals surface area contributed by atoms with Crippen LogP contribution in [0, 0.1) is 6.92 Å². The molecule has 0 aliphatic carbocycles. The van der Waals surface area contributed by atoms with Crippen LogP contribution in [0.2, 0.25) is 0 Å². The predicted octanol–water partition coefficient (Wildman–Crippen LogP) is 4.39. The molecular weight excluding hydrogens is 488 g/mol. The van der Waals surface area contributed by atoms with Crippen LogP contribution < -0.4 is 4.74 Å². The Kier molecular flexibility index (Phi) is 7.69. The van der Waals surface area contributed by atoms with Crippen LogP contribution in [0.15, 0.2) is 71.6 Å². The van der Waals surface area contributed by atoms with Gasteiger partial charge in [0.2, 0.25) is 0 Å². The van der Waals surface area contributed by atoms with Gasteiger partial charge in [-0.2, -0.15) is 0 Å². The van der Waals surface area contributed by atoms with E-state index in [-0.39, 0.29) is 11.3 Å². The molecule has 2 aliphatic rings. The van der Waals surface area contributed by atoms with Crippen LogP contribution >= 0.6 is 11.3 Å². The first-order valence-electron chi connectivity index (χ1n) is 12.4. The van der Waals surface area contributed by atoms with Gasteiger partial charge >= 0.3 is 0 Å². The van der Waals surface area contributed by atoms with Crippen LogP contribution in [0.25, 0.3) is 5.76 Å². The van der Waals surface area contributed by atoms with Crippen molar-refractivity contribution in [3.8, 4) is 5.75 Å². The molecule has 8 heteroatoms. The molecule has 2 fully saturated rings. The first-order chi connectivity index (χ1) is 18.0. The maximum absolute atomic E-state index is 13.3. The lowest BCUT2D eigenvalue weighted by molar-refractivity contribution is -0.140. The minimum atomic E-state index is -0.651. The third kappa shape index (κ3) is 5.46. The molecule has 5 rings (SSSR count). The Morgan fingerprint density at radius 3 is 2.54 bits per heavy atom. The van der Waals surface area contributed by atoms with Crippen LogP contribution in [0.1, 0.15) is 27.6 Å². The number of carbonyl (C=O) groups is 2. The number of amides is 1. The van der Waals surface area contributed by atoms with E-state index in [1.54, 1.807) is 17.0 Å². The van der Waals surface area contributed by atoms with Crippen LogP contribution in [0.3, 0.4) is 0 Å². The van der Waals surface area contributed by atoms with E-state index in [0.717, 1.165) is 29.1 Å². The van der Waals surface area contributed by atoms with E-state index in [4.69, 9.17) is 9.47 Å². The summed E-state index contributed by atoms with van der Waals surface area (Å²) in [6, 6.07) is 18.4. The number of aliphatic hydroxyl groups excluding tert-OH is 1. The molecule has 1 N–H and O–H groups in total. The third-order valence-electron chi connectivity index (χ3n) is 6.81. The maximum atomic E-state index is 13.3. The fourth-order valence-corrected chi connectivity index (χ4v) is 5.65. The SMILES string of the molecule is Cc1cc(OCc2ccccc2)ccc1/C(O)=C1\C(=O)C(=O)N(CCN2CCOCC2)[C@@H]1c1cccs1. The number of ether oxygens (including phenoxy) is 2. The van der Waals surface area contributed by atoms with Gasteiger partial charge in [-0.05, 0) is 47.7 Å². The number of likely N-dealkylation sites (tertiary alicyclic amines) is 1. The lowest BCUT2D eigenvalue weighted by atomic mass is 9.97. The number of aliphatic hydroxyl groups is 1. The molecule has 7 nitrogen and oxygen atoms in total. The lowest BCUT2D eigenvalue weighted by Crippen LogP contribution is -2.42. The van der Waals surface area contributed by atoms with E-state index in [1.807, 2.05) is 60.8 Å². The molecule has 0 unspecified atom stereocenters. The summed E-state index contributed by atoms with van der Waals surface area (Å²) >= 11 is 1.47. The average Bonchev–Trinajstić information content (AvgIpc) is 3.54. The summed E-state index contributed by atoms with van der Waals surface area (Å²) < 4.78 is 11.3. The molecule has 3 heterocycles. The number of aryl methyl sites for hydroxylation is 1. The summed E-state index contributed by atoms with van der Waals surface area (Å²) in [7, 11) is 0. The second-order valence-corrected chi connectivity index (χ2v) is 10.2. The molecule has 0 radical (unpaired) electrons. The van der Waals surface area contributed by atoms with Crippen molar-refractivity contribution in [2.45, 2.75) is 19.6 Å². The molecule has 0 saturated carbocycles. The standard InChI is InChI=1S/C29H30N2O5S/c1-20-18-22(36-19-21-6-3-2-4-7-21)9-10-23(20)27(32)25-26(24-8-5-17-37-24)31(29(34)28(25)33)12-11-30-13-15-35-16-14-30/h2-10,17-18,26,32H,11-16,19H2,1H3/b27-25+/t26-/m1/s1. The Bertz CT molecular complexity index is 1280. The molecule has 1 amide bonds. The molecule has 0 spiro atoms. The van der Waals surface area contributed by atoms with E-state index >= 15 is 0 Å². The van der Waals surface area contributed by atoms with Gasteiger partial charge in [0.1, 0.15) is 18.1 Å². The highest BCUT2D eigenvalue weighted by Gasteiger charge is 2.46. The Labute approximate surface area is 220 Å². The monoisotopic (exact) mass is 518 g/mol. The van der Waals surface area contributed by atoms with Gasteiger partial charge in [0.25, 0.3) is 11.7 Å². The van der Waals surface area contributed by atoms with Crippen molar-refractivity contribution in [3.05, 3.63) is 93.2 Å². The Morgan fingerprint density at radius 2 is 1.84 bits per heavy atom. The molecule has 37 heavy (non-hydrogen) atoms.